The maximum absolute atomic E-state index is 11.2. The molecule has 0 aromatic heterocycles. The van der Waals surface area contributed by atoms with Gasteiger partial charge in [-0.25, -0.2) is 0 Å². The Bertz CT molecular complexity index is 531. The summed E-state index contributed by atoms with van der Waals surface area (Å²) in [6, 6.07) is 4.50. The number of non-ortho nitro benzene ring substituents is 1. The van der Waals surface area contributed by atoms with E-state index in [1.165, 1.54) is 12.1 Å². The van der Waals surface area contributed by atoms with Crippen LogP contribution in [-0.4, -0.2) is 34.8 Å². The second kappa shape index (κ2) is 5.83. The minimum absolute atomic E-state index is 0.0413. The van der Waals surface area contributed by atoms with Crippen LogP contribution in [0.4, 0.5) is 11.4 Å². The Kier molecular flexibility index (Phi) is 4.32. The zero-order chi connectivity index (χ0) is 14.8. The van der Waals surface area contributed by atoms with Gasteiger partial charge in [0.25, 0.3) is 5.69 Å². The van der Waals surface area contributed by atoms with E-state index >= 15 is 0 Å². The standard InChI is InChI=1S/C14H18N2O3S/c1-14(2)5-6-15(7-8-20-14)13-4-3-12(16(18)19)9-11(13)10-17/h3-4,9-10H,5-8H2,1-2H3. The van der Waals surface area contributed by atoms with Crippen molar-refractivity contribution in [2.24, 2.45) is 0 Å². The smallest absolute Gasteiger partial charge is 0.270 e. The predicted octanol–water partition coefficient (Wildman–Crippen LogP) is 3.13. The molecule has 0 bridgehead atoms. The third-order valence-electron chi connectivity index (χ3n) is 3.53. The van der Waals surface area contributed by atoms with E-state index in [1.807, 2.05) is 11.8 Å². The van der Waals surface area contributed by atoms with Gasteiger partial charge in [0.05, 0.1) is 4.92 Å². The van der Waals surface area contributed by atoms with Crippen molar-refractivity contribution in [1.29, 1.82) is 0 Å². The maximum Gasteiger partial charge on any atom is 0.270 e. The number of hydrogen-bond donors (Lipinski definition) is 0. The fourth-order valence-corrected chi connectivity index (χ4v) is 3.40. The number of nitro benzene ring substituents is 1. The Morgan fingerprint density at radius 2 is 2.15 bits per heavy atom. The number of nitro groups is 1. The molecule has 0 saturated carbocycles. The highest BCUT2D eigenvalue weighted by Gasteiger charge is 2.25. The first-order chi connectivity index (χ1) is 9.43. The topological polar surface area (TPSA) is 63.4 Å². The van der Waals surface area contributed by atoms with Crippen LogP contribution in [0.5, 0.6) is 0 Å². The van der Waals surface area contributed by atoms with Crippen LogP contribution in [0.25, 0.3) is 0 Å². The van der Waals surface area contributed by atoms with Crippen LogP contribution < -0.4 is 4.90 Å². The number of aldehydes is 1. The van der Waals surface area contributed by atoms with Crippen molar-refractivity contribution in [1.82, 2.24) is 0 Å². The van der Waals surface area contributed by atoms with Crippen LogP contribution in [0, 0.1) is 10.1 Å². The molecule has 108 valence electrons. The molecule has 1 aliphatic rings. The minimum Gasteiger partial charge on any atom is -0.370 e. The van der Waals surface area contributed by atoms with Gasteiger partial charge in [0.1, 0.15) is 0 Å². The van der Waals surface area contributed by atoms with Crippen molar-refractivity contribution in [3.63, 3.8) is 0 Å². The van der Waals surface area contributed by atoms with Crippen LogP contribution in [0.2, 0.25) is 0 Å². The molecular formula is C14H18N2O3S. The van der Waals surface area contributed by atoms with Gasteiger partial charge in [-0.2, -0.15) is 11.8 Å². The van der Waals surface area contributed by atoms with E-state index in [2.05, 4.69) is 18.7 Å². The van der Waals surface area contributed by atoms with Gasteiger partial charge in [-0.15, -0.1) is 0 Å². The summed E-state index contributed by atoms with van der Waals surface area (Å²) >= 11 is 1.92. The molecule has 0 atom stereocenters. The van der Waals surface area contributed by atoms with Crippen LogP contribution in [0.1, 0.15) is 30.6 Å². The van der Waals surface area contributed by atoms with Crippen LogP contribution in [0.3, 0.4) is 0 Å². The molecule has 2 rings (SSSR count). The van der Waals surface area contributed by atoms with Gasteiger partial charge in [0.15, 0.2) is 6.29 Å². The SMILES string of the molecule is CC1(C)CCN(c2ccc([N+](=O)[O-])cc2C=O)CCS1. The van der Waals surface area contributed by atoms with E-state index in [1.54, 1.807) is 6.07 Å². The number of benzene rings is 1. The highest BCUT2D eigenvalue weighted by atomic mass is 32.2. The lowest BCUT2D eigenvalue weighted by Gasteiger charge is -2.25. The fraction of sp³-hybridized carbons (Fsp3) is 0.500. The number of nitrogens with zero attached hydrogens (tertiary/aromatic N) is 2. The summed E-state index contributed by atoms with van der Waals surface area (Å²) in [5, 5.41) is 10.8. The zero-order valence-electron chi connectivity index (χ0n) is 11.7. The van der Waals surface area contributed by atoms with Crippen molar-refractivity contribution >= 4 is 29.4 Å². The Hall–Kier alpha value is -1.56. The highest BCUT2D eigenvalue weighted by molar-refractivity contribution is 8.00. The summed E-state index contributed by atoms with van der Waals surface area (Å²) in [5.74, 6) is 0.988. The Morgan fingerprint density at radius 1 is 1.40 bits per heavy atom. The van der Waals surface area contributed by atoms with Gasteiger partial charge in [-0.05, 0) is 12.5 Å². The quantitative estimate of drug-likeness (QED) is 0.487. The van der Waals surface area contributed by atoms with Crippen molar-refractivity contribution in [2.45, 2.75) is 25.0 Å². The first-order valence-corrected chi connectivity index (χ1v) is 7.54. The second-order valence-electron chi connectivity index (χ2n) is 5.46. The Morgan fingerprint density at radius 3 is 2.80 bits per heavy atom. The summed E-state index contributed by atoms with van der Waals surface area (Å²) in [6.07, 6.45) is 1.72. The normalized spacial score (nSPS) is 18.4. The van der Waals surface area contributed by atoms with Gasteiger partial charge in [-0.1, -0.05) is 13.8 Å². The first-order valence-electron chi connectivity index (χ1n) is 6.55. The number of anilines is 1. The van der Waals surface area contributed by atoms with E-state index in [-0.39, 0.29) is 10.4 Å². The fourth-order valence-electron chi connectivity index (χ4n) is 2.30. The third-order valence-corrected chi connectivity index (χ3v) is 4.90. The van der Waals surface area contributed by atoms with E-state index < -0.39 is 4.92 Å². The van der Waals surface area contributed by atoms with Crippen LogP contribution in [0.15, 0.2) is 18.2 Å². The number of thioether (sulfide) groups is 1. The average Bonchev–Trinajstić information content (AvgIpc) is 2.59. The Balaban J connectivity index is 2.28. The van der Waals surface area contributed by atoms with E-state index in [0.29, 0.717) is 11.8 Å². The monoisotopic (exact) mass is 294 g/mol. The molecule has 1 aromatic carbocycles. The lowest BCUT2D eigenvalue weighted by molar-refractivity contribution is -0.384. The molecule has 0 unspecified atom stereocenters. The molecule has 0 spiro atoms. The number of rotatable bonds is 3. The van der Waals surface area contributed by atoms with E-state index in [4.69, 9.17) is 0 Å². The van der Waals surface area contributed by atoms with Gasteiger partial charge >= 0.3 is 0 Å². The molecule has 0 radical (unpaired) electrons. The van der Waals surface area contributed by atoms with Crippen molar-refractivity contribution in [2.75, 3.05) is 23.7 Å². The van der Waals surface area contributed by atoms with E-state index in [9.17, 15) is 14.9 Å². The molecular weight excluding hydrogens is 276 g/mol. The first kappa shape index (κ1) is 14.8. The molecule has 1 heterocycles. The Labute approximate surface area is 122 Å². The summed E-state index contributed by atoms with van der Waals surface area (Å²) in [4.78, 5) is 23.6. The van der Waals surface area contributed by atoms with Gasteiger partial charge in [0.2, 0.25) is 0 Å². The van der Waals surface area contributed by atoms with Crippen LogP contribution >= 0.6 is 11.8 Å². The summed E-state index contributed by atoms with van der Waals surface area (Å²) in [7, 11) is 0. The molecule has 5 nitrogen and oxygen atoms in total. The summed E-state index contributed by atoms with van der Waals surface area (Å²) in [6.45, 7) is 6.15. The van der Waals surface area contributed by atoms with Gasteiger partial charge in [0, 0.05) is 47.0 Å². The average molecular weight is 294 g/mol. The molecule has 0 aliphatic carbocycles. The molecule has 0 amide bonds. The molecule has 20 heavy (non-hydrogen) atoms. The van der Waals surface area contributed by atoms with Crippen molar-refractivity contribution < 1.29 is 9.72 Å². The van der Waals surface area contributed by atoms with Crippen molar-refractivity contribution in [3.05, 3.63) is 33.9 Å². The van der Waals surface area contributed by atoms with Gasteiger partial charge in [-0.3, -0.25) is 14.9 Å². The maximum atomic E-state index is 11.2. The lowest BCUT2D eigenvalue weighted by atomic mass is 10.1. The molecule has 1 aliphatic heterocycles. The number of carbonyl (C=O) groups excluding carboxylic acids is 1. The third kappa shape index (κ3) is 3.30. The number of hydrogen-bond acceptors (Lipinski definition) is 5. The summed E-state index contributed by atoms with van der Waals surface area (Å²) in [5.41, 5.74) is 1.15. The largest absolute Gasteiger partial charge is 0.370 e. The molecule has 6 heteroatoms. The minimum atomic E-state index is -0.474. The molecule has 1 saturated heterocycles. The van der Waals surface area contributed by atoms with Crippen molar-refractivity contribution in [3.8, 4) is 0 Å². The predicted molar refractivity (Wildman–Crippen MR) is 81.9 cm³/mol. The lowest BCUT2D eigenvalue weighted by Crippen LogP contribution is -2.27. The second-order valence-corrected chi connectivity index (χ2v) is 7.27. The molecule has 0 N–H and O–H groups in total. The zero-order valence-corrected chi connectivity index (χ0v) is 12.5. The summed E-state index contributed by atoms with van der Waals surface area (Å²) < 4.78 is 0.233. The molecule has 1 aromatic rings. The number of carbonyl (C=O) groups is 1. The highest BCUT2D eigenvalue weighted by Crippen LogP contribution is 2.33. The van der Waals surface area contributed by atoms with Crippen LogP contribution in [-0.2, 0) is 0 Å². The van der Waals surface area contributed by atoms with E-state index in [0.717, 1.165) is 31.0 Å². The molecule has 1 fully saturated rings. The van der Waals surface area contributed by atoms with Gasteiger partial charge < -0.3 is 4.90 Å².